The number of nitrogen functional groups attached to an aromatic ring is 1. The average Bonchev–Trinajstić information content (AvgIpc) is 2.72. The van der Waals surface area contributed by atoms with Crippen molar-refractivity contribution in [3.05, 3.63) is 87.9 Å². The van der Waals surface area contributed by atoms with E-state index in [0.29, 0.717) is 39.9 Å². The van der Waals surface area contributed by atoms with Gasteiger partial charge in [0.2, 0.25) is 0 Å². The predicted octanol–water partition coefficient (Wildman–Crippen LogP) is 6.55. The third-order valence-electron chi connectivity index (χ3n) is 4.11. The van der Waals surface area contributed by atoms with Crippen molar-refractivity contribution in [3.8, 4) is 17.2 Å². The van der Waals surface area contributed by atoms with Crippen LogP contribution in [0.4, 0.5) is 5.69 Å². The van der Waals surface area contributed by atoms with Crippen molar-refractivity contribution in [1.82, 2.24) is 0 Å². The highest BCUT2D eigenvalue weighted by Gasteiger charge is 2.19. The maximum atomic E-state index is 12.2. The molecule has 0 unspecified atom stereocenters. The van der Waals surface area contributed by atoms with Crippen molar-refractivity contribution in [2.75, 3.05) is 5.73 Å². The molecule has 0 heterocycles. The summed E-state index contributed by atoms with van der Waals surface area (Å²) >= 11 is 12.9. The average molecular weight is 428 g/mol. The van der Waals surface area contributed by atoms with Crippen LogP contribution in [0.25, 0.3) is 6.08 Å². The number of hydrogen-bond acceptors (Lipinski definition) is 4. The first-order valence-corrected chi connectivity index (χ1v) is 9.72. The second-order valence-corrected chi connectivity index (χ2v) is 6.95. The van der Waals surface area contributed by atoms with Crippen LogP contribution in [0.3, 0.4) is 0 Å². The number of carbonyl (C=O) groups is 1. The predicted molar refractivity (Wildman–Crippen MR) is 118 cm³/mol. The van der Waals surface area contributed by atoms with E-state index in [9.17, 15) is 4.79 Å². The molecule has 0 saturated heterocycles. The first-order valence-electron chi connectivity index (χ1n) is 8.97. The second kappa shape index (κ2) is 9.50. The van der Waals surface area contributed by atoms with Gasteiger partial charge in [0.15, 0.2) is 5.75 Å². The topological polar surface area (TPSA) is 61.5 Å². The fourth-order valence-corrected chi connectivity index (χ4v) is 3.30. The monoisotopic (exact) mass is 427 g/mol. The number of halogens is 2. The molecule has 0 atom stereocenters. The summed E-state index contributed by atoms with van der Waals surface area (Å²) in [5.41, 5.74) is 7.83. The van der Waals surface area contributed by atoms with Crippen LogP contribution in [0.2, 0.25) is 10.0 Å². The molecule has 2 N–H and O–H groups in total. The normalized spacial score (nSPS) is 10.9. The molecule has 0 fully saturated rings. The van der Waals surface area contributed by atoms with Crippen molar-refractivity contribution in [2.45, 2.75) is 13.3 Å². The van der Waals surface area contributed by atoms with E-state index in [1.165, 1.54) is 12.1 Å². The molecule has 0 amide bonds. The Morgan fingerprint density at radius 3 is 2.41 bits per heavy atom. The van der Waals surface area contributed by atoms with E-state index < -0.39 is 5.97 Å². The van der Waals surface area contributed by atoms with E-state index in [4.69, 9.17) is 38.4 Å². The minimum Gasteiger partial charge on any atom is -0.454 e. The third-order valence-corrected chi connectivity index (χ3v) is 4.79. The molecule has 0 saturated carbocycles. The van der Waals surface area contributed by atoms with Gasteiger partial charge >= 0.3 is 5.97 Å². The number of rotatable bonds is 6. The van der Waals surface area contributed by atoms with Gasteiger partial charge in [-0.3, -0.25) is 0 Å². The molecule has 0 aliphatic heterocycles. The van der Waals surface area contributed by atoms with Gasteiger partial charge in [-0.15, -0.1) is 0 Å². The van der Waals surface area contributed by atoms with Gasteiger partial charge in [-0.25, -0.2) is 4.79 Å². The molecule has 148 valence electrons. The van der Waals surface area contributed by atoms with Crippen molar-refractivity contribution >= 4 is 40.9 Å². The number of benzene rings is 3. The van der Waals surface area contributed by atoms with Crippen LogP contribution in [0.15, 0.2) is 66.7 Å². The van der Waals surface area contributed by atoms with Gasteiger partial charge in [0, 0.05) is 23.4 Å². The highest BCUT2D eigenvalue weighted by Crippen LogP contribution is 2.43. The summed E-state index contributed by atoms with van der Waals surface area (Å²) in [4.78, 5) is 12.2. The standard InChI is InChI=1S/C23H19Cl2NO3/c1-2-18-20(29-21(27)13-8-15-6-4-3-5-7-15)14-19(24)23(22(18)25)28-17-11-9-16(26)10-12-17/h3-14H,2,26H2,1H3. The number of nitrogens with two attached hydrogens (primary N) is 1. The Hall–Kier alpha value is -2.95. The van der Waals surface area contributed by atoms with Crippen LogP contribution >= 0.6 is 23.2 Å². The van der Waals surface area contributed by atoms with Crippen LogP contribution in [0.5, 0.6) is 17.2 Å². The minimum atomic E-state index is -0.525. The van der Waals surface area contributed by atoms with E-state index in [-0.39, 0.29) is 5.02 Å². The number of esters is 1. The molecule has 29 heavy (non-hydrogen) atoms. The van der Waals surface area contributed by atoms with Gasteiger partial charge in [-0.05, 0) is 42.3 Å². The van der Waals surface area contributed by atoms with Crippen LogP contribution in [0, 0.1) is 0 Å². The van der Waals surface area contributed by atoms with Gasteiger partial charge in [0.25, 0.3) is 0 Å². The van der Waals surface area contributed by atoms with E-state index in [1.54, 1.807) is 30.3 Å². The van der Waals surface area contributed by atoms with Crippen LogP contribution in [-0.4, -0.2) is 5.97 Å². The van der Waals surface area contributed by atoms with Gasteiger partial charge in [-0.2, -0.15) is 0 Å². The lowest BCUT2D eigenvalue weighted by Crippen LogP contribution is -2.06. The third kappa shape index (κ3) is 5.31. The molecular formula is C23H19Cl2NO3. The molecule has 0 aromatic heterocycles. The molecule has 3 rings (SSSR count). The lowest BCUT2D eigenvalue weighted by atomic mass is 10.1. The highest BCUT2D eigenvalue weighted by atomic mass is 35.5. The minimum absolute atomic E-state index is 0.235. The maximum Gasteiger partial charge on any atom is 0.336 e. The molecule has 3 aromatic rings. The molecule has 0 spiro atoms. The Balaban J connectivity index is 1.83. The van der Waals surface area contributed by atoms with Crippen molar-refractivity contribution in [1.29, 1.82) is 0 Å². The number of anilines is 1. The van der Waals surface area contributed by atoms with Gasteiger partial charge in [0.05, 0.1) is 10.0 Å². The SMILES string of the molecule is CCc1c(OC(=O)C=Cc2ccccc2)cc(Cl)c(Oc2ccc(N)cc2)c1Cl. The summed E-state index contributed by atoms with van der Waals surface area (Å²) in [5.74, 6) is 0.618. The number of ether oxygens (including phenoxy) is 2. The Labute approximate surface area is 179 Å². The van der Waals surface area contributed by atoms with E-state index in [2.05, 4.69) is 0 Å². The molecule has 6 heteroatoms. The molecule has 4 nitrogen and oxygen atoms in total. The highest BCUT2D eigenvalue weighted by molar-refractivity contribution is 6.38. The molecule has 0 bridgehead atoms. The van der Waals surface area contributed by atoms with Crippen molar-refractivity contribution in [3.63, 3.8) is 0 Å². The fourth-order valence-electron chi connectivity index (χ4n) is 2.66. The Morgan fingerprint density at radius 2 is 1.76 bits per heavy atom. The molecule has 3 aromatic carbocycles. The van der Waals surface area contributed by atoms with Crippen LogP contribution in [0.1, 0.15) is 18.1 Å². The van der Waals surface area contributed by atoms with Crippen LogP contribution in [-0.2, 0) is 11.2 Å². The van der Waals surface area contributed by atoms with Gasteiger partial charge in [-0.1, -0.05) is 60.5 Å². The zero-order valence-corrected chi connectivity index (χ0v) is 17.2. The zero-order valence-electron chi connectivity index (χ0n) is 15.7. The van der Waals surface area contributed by atoms with E-state index in [1.807, 2.05) is 37.3 Å². The summed E-state index contributed by atoms with van der Waals surface area (Å²) in [6.07, 6.45) is 3.56. The first kappa shape index (κ1) is 20.8. The molecule has 0 aliphatic rings. The number of carbonyl (C=O) groups excluding carboxylic acids is 1. The van der Waals surface area contributed by atoms with Gasteiger partial charge in [0.1, 0.15) is 11.5 Å². The lowest BCUT2D eigenvalue weighted by Gasteiger charge is -2.16. The largest absolute Gasteiger partial charge is 0.454 e. The maximum absolute atomic E-state index is 12.2. The van der Waals surface area contributed by atoms with Gasteiger partial charge < -0.3 is 15.2 Å². The first-order chi connectivity index (χ1) is 14.0. The van der Waals surface area contributed by atoms with Crippen molar-refractivity contribution in [2.24, 2.45) is 0 Å². The van der Waals surface area contributed by atoms with E-state index in [0.717, 1.165) is 5.56 Å². The van der Waals surface area contributed by atoms with E-state index >= 15 is 0 Å². The molecule has 0 radical (unpaired) electrons. The van der Waals surface area contributed by atoms with Crippen LogP contribution < -0.4 is 15.2 Å². The smallest absolute Gasteiger partial charge is 0.336 e. The Bertz CT molecular complexity index is 1030. The fraction of sp³-hybridized carbons (Fsp3) is 0.0870. The number of hydrogen-bond donors (Lipinski definition) is 1. The summed E-state index contributed by atoms with van der Waals surface area (Å²) < 4.78 is 11.3. The zero-order chi connectivity index (χ0) is 20.8. The second-order valence-electron chi connectivity index (χ2n) is 6.17. The lowest BCUT2D eigenvalue weighted by molar-refractivity contribution is -0.128. The summed E-state index contributed by atoms with van der Waals surface area (Å²) in [6.45, 7) is 1.90. The summed E-state index contributed by atoms with van der Waals surface area (Å²) in [5, 5.41) is 0.533. The molecule has 0 aliphatic carbocycles. The quantitative estimate of drug-likeness (QED) is 0.209. The van der Waals surface area contributed by atoms with Crippen molar-refractivity contribution < 1.29 is 14.3 Å². The Kier molecular flexibility index (Phi) is 6.81. The summed E-state index contributed by atoms with van der Waals surface area (Å²) in [6, 6.07) is 17.9. The summed E-state index contributed by atoms with van der Waals surface area (Å²) in [7, 11) is 0. The molecular weight excluding hydrogens is 409 g/mol. The Morgan fingerprint density at radius 1 is 1.07 bits per heavy atom.